The lowest BCUT2D eigenvalue weighted by atomic mass is 10.2. The molecule has 1 saturated carbocycles. The van der Waals surface area contributed by atoms with Gasteiger partial charge in [0.05, 0.1) is 17.3 Å². The molecule has 3 rings (SSSR count). The number of nitrogens with zero attached hydrogens (tertiary/aromatic N) is 1. The highest BCUT2D eigenvalue weighted by Gasteiger charge is 2.68. The molecule has 1 heterocycles. The van der Waals surface area contributed by atoms with Crippen LogP contribution < -0.4 is 0 Å². The van der Waals surface area contributed by atoms with Gasteiger partial charge in [0.2, 0.25) is 0 Å². The first-order valence-electron chi connectivity index (χ1n) is 5.30. The molecular formula is C11H9NO5S. The molecule has 2 aliphatic rings. The Kier molecular flexibility index (Phi) is 2.53. The molecule has 1 aliphatic heterocycles. The number of benzene rings is 1. The molecule has 1 aromatic carbocycles. The second-order valence-electron chi connectivity index (χ2n) is 4.08. The summed E-state index contributed by atoms with van der Waals surface area (Å²) in [6.45, 7) is 0. The van der Waals surface area contributed by atoms with Crippen LogP contribution in [0.25, 0.3) is 0 Å². The molecule has 2 fully saturated rings. The highest BCUT2D eigenvalue weighted by atomic mass is 32.2. The molecule has 0 spiro atoms. The number of esters is 1. The number of fused-ring (bicyclic) bond motifs is 1. The van der Waals surface area contributed by atoms with Crippen molar-refractivity contribution in [2.45, 2.75) is 22.4 Å². The van der Waals surface area contributed by atoms with Gasteiger partial charge in [-0.2, -0.15) is 0 Å². The predicted octanol–water partition coefficient (Wildman–Crippen LogP) is 1.62. The summed E-state index contributed by atoms with van der Waals surface area (Å²) in [4.78, 5) is 22.6. The van der Waals surface area contributed by atoms with Crippen LogP contribution in [-0.2, 0) is 9.47 Å². The maximum atomic E-state index is 11.5. The van der Waals surface area contributed by atoms with E-state index in [-0.39, 0.29) is 11.3 Å². The van der Waals surface area contributed by atoms with Gasteiger partial charge in [0.25, 0.3) is 5.69 Å². The first kappa shape index (κ1) is 11.5. The van der Waals surface area contributed by atoms with Gasteiger partial charge in [0.1, 0.15) is 17.8 Å². The van der Waals surface area contributed by atoms with Crippen LogP contribution >= 0.6 is 11.8 Å². The summed E-state index contributed by atoms with van der Waals surface area (Å²) in [7, 11) is 1.20. The summed E-state index contributed by atoms with van der Waals surface area (Å²) in [5.41, 5.74) is -0.244. The van der Waals surface area contributed by atoms with E-state index in [1.165, 1.54) is 19.2 Å². The van der Waals surface area contributed by atoms with E-state index in [1.54, 1.807) is 17.8 Å². The molecular weight excluding hydrogens is 258 g/mol. The van der Waals surface area contributed by atoms with Gasteiger partial charge in [-0.25, -0.2) is 4.79 Å². The number of rotatable bonds is 4. The summed E-state index contributed by atoms with van der Waals surface area (Å²) >= 11 is 1.57. The van der Waals surface area contributed by atoms with Crippen molar-refractivity contribution in [1.29, 1.82) is 0 Å². The Hall–Kier alpha value is -1.60. The normalized spacial score (nSPS) is 27.3. The Balaban J connectivity index is 1.87. The van der Waals surface area contributed by atoms with Gasteiger partial charge < -0.3 is 9.47 Å². The van der Waals surface area contributed by atoms with E-state index in [1.807, 2.05) is 0 Å². The molecule has 1 saturated heterocycles. The number of hydrogen-bond donors (Lipinski definition) is 0. The van der Waals surface area contributed by atoms with Crippen LogP contribution in [0.1, 0.15) is 10.4 Å². The van der Waals surface area contributed by atoms with Crippen LogP contribution in [0.3, 0.4) is 0 Å². The van der Waals surface area contributed by atoms with Crippen LogP contribution in [-0.4, -0.2) is 35.5 Å². The van der Waals surface area contributed by atoms with Crippen molar-refractivity contribution in [3.05, 3.63) is 33.9 Å². The molecule has 0 bridgehead atoms. The fraction of sp³-hybridized carbons (Fsp3) is 0.364. The van der Waals surface area contributed by atoms with E-state index in [0.29, 0.717) is 17.5 Å². The number of methoxy groups -OCH3 is 1. The molecule has 0 N–H and O–H groups in total. The zero-order valence-corrected chi connectivity index (χ0v) is 10.2. The number of nitro benzene ring substituents is 1. The van der Waals surface area contributed by atoms with Gasteiger partial charge >= 0.3 is 5.97 Å². The number of thioether (sulfide) groups is 1. The minimum absolute atomic E-state index is 0.0114. The fourth-order valence-corrected chi connectivity index (χ4v) is 3.01. The number of nitro groups is 1. The van der Waals surface area contributed by atoms with Crippen molar-refractivity contribution in [1.82, 2.24) is 0 Å². The summed E-state index contributed by atoms with van der Waals surface area (Å²) < 4.78 is 9.69. The van der Waals surface area contributed by atoms with Crippen molar-refractivity contribution in [3.63, 3.8) is 0 Å². The van der Waals surface area contributed by atoms with Crippen LogP contribution in [0.2, 0.25) is 0 Å². The summed E-state index contributed by atoms with van der Waals surface area (Å²) in [5.74, 6) is -0.693. The van der Waals surface area contributed by atoms with E-state index >= 15 is 0 Å². The zero-order chi connectivity index (χ0) is 12.9. The van der Waals surface area contributed by atoms with Gasteiger partial charge in [-0.15, -0.1) is 11.8 Å². The Labute approximate surface area is 106 Å². The number of carbonyl (C=O) groups excluding carboxylic acids is 1. The van der Waals surface area contributed by atoms with Crippen LogP contribution in [0.4, 0.5) is 5.69 Å². The Morgan fingerprint density at radius 1 is 1.50 bits per heavy atom. The fourth-order valence-electron chi connectivity index (χ4n) is 1.75. The van der Waals surface area contributed by atoms with E-state index < -0.39 is 10.9 Å². The van der Waals surface area contributed by atoms with Crippen molar-refractivity contribution < 1.29 is 19.2 Å². The predicted molar refractivity (Wildman–Crippen MR) is 62.7 cm³/mol. The number of epoxide rings is 1. The Morgan fingerprint density at radius 3 is 2.72 bits per heavy atom. The molecule has 0 aromatic heterocycles. The second kappa shape index (κ2) is 3.96. The zero-order valence-electron chi connectivity index (χ0n) is 9.36. The second-order valence-corrected chi connectivity index (χ2v) is 5.33. The van der Waals surface area contributed by atoms with Gasteiger partial charge in [-0.1, -0.05) is 0 Å². The maximum Gasteiger partial charge on any atom is 0.344 e. The van der Waals surface area contributed by atoms with Crippen molar-refractivity contribution >= 4 is 23.4 Å². The lowest BCUT2D eigenvalue weighted by Gasteiger charge is -2.06. The lowest BCUT2D eigenvalue weighted by Crippen LogP contribution is -2.06. The Bertz CT molecular complexity index is 538. The van der Waals surface area contributed by atoms with Gasteiger partial charge in [0, 0.05) is 11.0 Å². The molecule has 94 valence electrons. The van der Waals surface area contributed by atoms with Gasteiger partial charge in [-0.05, 0) is 12.1 Å². The van der Waals surface area contributed by atoms with E-state index in [2.05, 4.69) is 4.74 Å². The third-order valence-corrected chi connectivity index (χ3v) is 4.25. The summed E-state index contributed by atoms with van der Waals surface area (Å²) in [6.07, 6.45) is 0.679. The summed E-state index contributed by atoms with van der Waals surface area (Å²) in [5, 5.41) is 11.2. The Morgan fingerprint density at radius 2 is 2.22 bits per heavy atom. The molecule has 0 radical (unpaired) electrons. The van der Waals surface area contributed by atoms with E-state index in [9.17, 15) is 14.9 Å². The lowest BCUT2D eigenvalue weighted by molar-refractivity contribution is -0.385. The minimum Gasteiger partial charge on any atom is -0.465 e. The molecule has 6 nitrogen and oxygen atoms in total. The SMILES string of the molecule is COC(=O)c1cc(SC2C3OC32)ccc1[N+](=O)[O-]. The van der Waals surface area contributed by atoms with E-state index in [0.717, 1.165) is 4.90 Å². The molecule has 2 unspecified atom stereocenters. The number of hydrogen-bond acceptors (Lipinski definition) is 6. The first-order valence-corrected chi connectivity index (χ1v) is 6.18. The van der Waals surface area contributed by atoms with Gasteiger partial charge in [0.15, 0.2) is 0 Å². The molecule has 0 amide bonds. The average Bonchev–Trinajstić information content (AvgIpc) is 3.25. The number of ether oxygens (including phenoxy) is 2. The van der Waals surface area contributed by atoms with Crippen LogP contribution in [0.5, 0.6) is 0 Å². The topological polar surface area (TPSA) is 82.0 Å². The van der Waals surface area contributed by atoms with Crippen molar-refractivity contribution in [3.8, 4) is 0 Å². The monoisotopic (exact) mass is 267 g/mol. The molecule has 18 heavy (non-hydrogen) atoms. The molecule has 1 aliphatic carbocycles. The first-order chi connectivity index (χ1) is 8.61. The molecule has 2 atom stereocenters. The third-order valence-electron chi connectivity index (χ3n) is 2.91. The largest absolute Gasteiger partial charge is 0.465 e. The molecule has 7 heteroatoms. The quantitative estimate of drug-likeness (QED) is 0.357. The van der Waals surface area contributed by atoms with Gasteiger partial charge in [-0.3, -0.25) is 10.1 Å². The van der Waals surface area contributed by atoms with Crippen LogP contribution in [0.15, 0.2) is 23.1 Å². The van der Waals surface area contributed by atoms with E-state index in [4.69, 9.17) is 4.74 Å². The third kappa shape index (κ3) is 1.85. The van der Waals surface area contributed by atoms with Crippen molar-refractivity contribution in [2.75, 3.05) is 7.11 Å². The average molecular weight is 267 g/mol. The highest BCUT2D eigenvalue weighted by Crippen LogP contribution is 2.56. The minimum atomic E-state index is -0.693. The van der Waals surface area contributed by atoms with Crippen molar-refractivity contribution in [2.24, 2.45) is 0 Å². The molecule has 1 aromatic rings. The smallest absolute Gasteiger partial charge is 0.344 e. The maximum absolute atomic E-state index is 11.5. The highest BCUT2D eigenvalue weighted by molar-refractivity contribution is 8.00. The standard InChI is InChI=1S/C11H9NO5S/c1-16-11(13)6-4-5(2-3-7(6)12(14)15)18-10-8-9(10)17-8/h2-4,8-10H,1H3. The van der Waals surface area contributed by atoms with Crippen LogP contribution in [0, 0.1) is 10.1 Å². The number of carbonyl (C=O) groups is 1. The summed E-state index contributed by atoms with van der Waals surface area (Å²) in [6, 6.07) is 4.49.